The van der Waals surface area contributed by atoms with Crippen LogP contribution in [0.15, 0.2) is 24.3 Å². The lowest BCUT2D eigenvalue weighted by Crippen LogP contribution is -2.19. The van der Waals surface area contributed by atoms with Crippen molar-refractivity contribution in [3.8, 4) is 5.75 Å². The molecule has 25 heavy (non-hydrogen) atoms. The second-order valence-electron chi connectivity index (χ2n) is 6.19. The van der Waals surface area contributed by atoms with E-state index in [4.69, 9.17) is 23.2 Å². The average Bonchev–Trinajstić information content (AvgIpc) is 2.52. The summed E-state index contributed by atoms with van der Waals surface area (Å²) in [6.45, 7) is 3.63. The van der Waals surface area contributed by atoms with Crippen LogP contribution in [0.4, 0.5) is 4.39 Å². The fourth-order valence-electron chi connectivity index (χ4n) is 2.70. The molecular formula is C19H20Cl2FNO2. The molecule has 6 heteroatoms. The zero-order valence-electron chi connectivity index (χ0n) is 14.3. The summed E-state index contributed by atoms with van der Waals surface area (Å²) in [4.78, 5) is 11.5. The van der Waals surface area contributed by atoms with Gasteiger partial charge in [0.2, 0.25) is 5.91 Å². The number of phenols is 1. The predicted octanol–water partition coefficient (Wildman–Crippen LogP) is 4.84. The van der Waals surface area contributed by atoms with Crippen molar-refractivity contribution in [2.75, 3.05) is 7.05 Å². The van der Waals surface area contributed by atoms with Gasteiger partial charge in [0.15, 0.2) is 0 Å². The summed E-state index contributed by atoms with van der Waals surface area (Å²) >= 11 is 12.6. The van der Waals surface area contributed by atoms with E-state index in [9.17, 15) is 14.3 Å². The first-order chi connectivity index (χ1) is 11.7. The highest BCUT2D eigenvalue weighted by molar-refractivity contribution is 6.36. The van der Waals surface area contributed by atoms with Gasteiger partial charge in [-0.25, -0.2) is 4.39 Å². The molecule has 0 saturated carbocycles. The summed E-state index contributed by atoms with van der Waals surface area (Å²) in [5, 5.41) is 13.2. The third-order valence-electron chi connectivity index (χ3n) is 4.03. The maximum atomic E-state index is 14.7. The Kier molecular flexibility index (Phi) is 6.31. The summed E-state index contributed by atoms with van der Waals surface area (Å²) in [5.74, 6) is -0.808. The highest BCUT2D eigenvalue weighted by Crippen LogP contribution is 2.34. The Morgan fingerprint density at radius 3 is 2.36 bits per heavy atom. The van der Waals surface area contributed by atoms with Crippen LogP contribution in [-0.4, -0.2) is 18.1 Å². The van der Waals surface area contributed by atoms with Gasteiger partial charge < -0.3 is 10.4 Å². The number of carbonyl (C=O) groups is 1. The van der Waals surface area contributed by atoms with E-state index in [1.165, 1.54) is 12.1 Å². The van der Waals surface area contributed by atoms with Gasteiger partial charge in [0.25, 0.3) is 0 Å². The smallest absolute Gasteiger partial charge is 0.224 e. The van der Waals surface area contributed by atoms with Gasteiger partial charge in [-0.3, -0.25) is 4.79 Å². The molecule has 3 nitrogen and oxygen atoms in total. The van der Waals surface area contributed by atoms with Gasteiger partial charge in [-0.2, -0.15) is 0 Å². The fraction of sp³-hybridized carbons (Fsp3) is 0.316. The number of rotatable bonds is 5. The standard InChI is InChI=1S/C19H20Cl2FNO2/c1-10(2)18-16(24)5-4-12(19(18)22)9-13-14(20)6-11(7-15(13)21)8-17(25)23-3/h4-7,10,24H,8-9H2,1-3H3,(H,23,25). The third-order valence-corrected chi connectivity index (χ3v) is 4.70. The first kappa shape index (κ1) is 19.5. The molecule has 0 bridgehead atoms. The van der Waals surface area contributed by atoms with E-state index < -0.39 is 5.82 Å². The van der Waals surface area contributed by atoms with E-state index in [-0.39, 0.29) is 36.0 Å². The van der Waals surface area contributed by atoms with Crippen LogP contribution in [-0.2, 0) is 17.6 Å². The number of hydrogen-bond donors (Lipinski definition) is 2. The second kappa shape index (κ2) is 8.07. The Balaban J connectivity index is 2.38. The molecule has 0 aromatic heterocycles. The second-order valence-corrected chi connectivity index (χ2v) is 7.01. The van der Waals surface area contributed by atoms with Crippen LogP contribution in [0.2, 0.25) is 10.0 Å². The molecular weight excluding hydrogens is 364 g/mol. The fourth-order valence-corrected chi connectivity index (χ4v) is 3.37. The summed E-state index contributed by atoms with van der Waals surface area (Å²) < 4.78 is 14.7. The van der Waals surface area contributed by atoms with Crippen molar-refractivity contribution in [1.82, 2.24) is 5.32 Å². The van der Waals surface area contributed by atoms with Crippen molar-refractivity contribution in [3.05, 3.63) is 62.4 Å². The van der Waals surface area contributed by atoms with Crippen LogP contribution in [0.25, 0.3) is 0 Å². The van der Waals surface area contributed by atoms with Gasteiger partial charge in [-0.1, -0.05) is 43.1 Å². The first-order valence-corrected chi connectivity index (χ1v) is 8.67. The van der Waals surface area contributed by atoms with Crippen molar-refractivity contribution in [3.63, 3.8) is 0 Å². The van der Waals surface area contributed by atoms with Crippen molar-refractivity contribution < 1.29 is 14.3 Å². The molecule has 1 amide bonds. The SMILES string of the molecule is CNC(=O)Cc1cc(Cl)c(Cc2ccc(O)c(C(C)C)c2F)c(Cl)c1. The van der Waals surface area contributed by atoms with Crippen LogP contribution in [0.1, 0.15) is 42.0 Å². The molecule has 0 spiro atoms. The van der Waals surface area contributed by atoms with Gasteiger partial charge in [0.1, 0.15) is 11.6 Å². The summed E-state index contributed by atoms with van der Waals surface area (Å²) in [6.07, 6.45) is 0.366. The van der Waals surface area contributed by atoms with Gasteiger partial charge in [-0.05, 0) is 40.8 Å². The lowest BCUT2D eigenvalue weighted by molar-refractivity contribution is -0.119. The number of hydrogen-bond acceptors (Lipinski definition) is 2. The largest absolute Gasteiger partial charge is 0.508 e. The van der Waals surface area contributed by atoms with Gasteiger partial charge >= 0.3 is 0 Å². The normalized spacial score (nSPS) is 11.0. The van der Waals surface area contributed by atoms with E-state index in [0.29, 0.717) is 26.7 Å². The Bertz CT molecular complexity index is 783. The minimum Gasteiger partial charge on any atom is -0.508 e. The minimum absolute atomic E-state index is 0.0608. The van der Waals surface area contributed by atoms with Crippen LogP contribution in [0.5, 0.6) is 5.75 Å². The van der Waals surface area contributed by atoms with Gasteiger partial charge in [-0.15, -0.1) is 0 Å². The van der Waals surface area contributed by atoms with Gasteiger partial charge in [0, 0.05) is 29.1 Å². The van der Waals surface area contributed by atoms with E-state index in [2.05, 4.69) is 5.32 Å². The highest BCUT2D eigenvalue weighted by atomic mass is 35.5. The molecule has 0 fully saturated rings. The molecule has 2 rings (SSSR count). The van der Waals surface area contributed by atoms with Crippen LogP contribution in [0, 0.1) is 5.82 Å². The summed E-state index contributed by atoms with van der Waals surface area (Å²) in [5.41, 5.74) is 1.96. The van der Waals surface area contributed by atoms with Crippen molar-refractivity contribution in [1.29, 1.82) is 0 Å². The first-order valence-electron chi connectivity index (χ1n) is 7.92. The number of carbonyl (C=O) groups excluding carboxylic acids is 1. The number of phenolic OH excluding ortho intramolecular Hbond substituents is 1. The lowest BCUT2D eigenvalue weighted by Gasteiger charge is -2.15. The number of benzene rings is 2. The van der Waals surface area contributed by atoms with Crippen LogP contribution >= 0.6 is 23.2 Å². The summed E-state index contributed by atoms with van der Waals surface area (Å²) in [7, 11) is 1.56. The molecule has 0 aliphatic rings. The van der Waals surface area contributed by atoms with Crippen molar-refractivity contribution >= 4 is 29.1 Å². The van der Waals surface area contributed by atoms with E-state index in [1.807, 2.05) is 13.8 Å². The molecule has 0 saturated heterocycles. The molecule has 0 heterocycles. The molecule has 0 aliphatic heterocycles. The van der Waals surface area contributed by atoms with Crippen molar-refractivity contribution in [2.24, 2.45) is 0 Å². The lowest BCUT2D eigenvalue weighted by atomic mass is 9.95. The molecule has 0 atom stereocenters. The third kappa shape index (κ3) is 4.44. The van der Waals surface area contributed by atoms with E-state index in [1.54, 1.807) is 19.2 Å². The molecule has 0 aliphatic carbocycles. The Labute approximate surface area is 156 Å². The quantitative estimate of drug-likeness (QED) is 0.775. The molecule has 2 N–H and O–H groups in total. The van der Waals surface area contributed by atoms with Crippen LogP contribution in [0.3, 0.4) is 0 Å². The Morgan fingerprint density at radius 1 is 1.24 bits per heavy atom. The molecule has 2 aromatic rings. The monoisotopic (exact) mass is 383 g/mol. The zero-order chi connectivity index (χ0) is 18.7. The predicted molar refractivity (Wildman–Crippen MR) is 99.2 cm³/mol. The van der Waals surface area contributed by atoms with Crippen LogP contribution < -0.4 is 5.32 Å². The van der Waals surface area contributed by atoms with E-state index >= 15 is 0 Å². The highest BCUT2D eigenvalue weighted by Gasteiger charge is 2.18. The zero-order valence-corrected chi connectivity index (χ0v) is 15.8. The maximum Gasteiger partial charge on any atom is 0.224 e. The molecule has 2 aromatic carbocycles. The number of aromatic hydroxyl groups is 1. The number of likely N-dealkylation sites (N-methyl/N-ethyl adjacent to an activating group) is 1. The molecule has 0 radical (unpaired) electrons. The topological polar surface area (TPSA) is 49.3 Å². The Hall–Kier alpha value is -1.78. The average molecular weight is 384 g/mol. The summed E-state index contributed by atoms with van der Waals surface area (Å²) in [6, 6.07) is 6.34. The minimum atomic E-state index is -0.448. The van der Waals surface area contributed by atoms with Crippen molar-refractivity contribution in [2.45, 2.75) is 32.6 Å². The van der Waals surface area contributed by atoms with E-state index in [0.717, 1.165) is 0 Å². The number of halogens is 3. The van der Waals surface area contributed by atoms with Gasteiger partial charge in [0.05, 0.1) is 6.42 Å². The Morgan fingerprint density at radius 2 is 1.84 bits per heavy atom. The molecule has 0 unspecified atom stereocenters. The number of amides is 1. The number of nitrogens with one attached hydrogen (secondary N) is 1. The molecule has 134 valence electrons. The maximum absolute atomic E-state index is 14.7.